The van der Waals surface area contributed by atoms with Gasteiger partial charge in [0, 0.05) is 31.2 Å². The van der Waals surface area contributed by atoms with Crippen molar-refractivity contribution in [3.63, 3.8) is 0 Å². The molecule has 1 aliphatic heterocycles. The van der Waals surface area contributed by atoms with Crippen LogP contribution >= 0.6 is 11.6 Å². The summed E-state index contributed by atoms with van der Waals surface area (Å²) >= 11 is 6.01. The molecule has 3 aromatic rings. The summed E-state index contributed by atoms with van der Waals surface area (Å²) in [6.45, 7) is 7.10. The molecule has 0 N–H and O–H groups in total. The third kappa shape index (κ3) is 3.79. The number of hydrogen-bond donors (Lipinski definition) is 0. The second-order valence-electron chi connectivity index (χ2n) is 7.26. The molecule has 0 radical (unpaired) electrons. The highest BCUT2D eigenvalue weighted by atomic mass is 35.5. The lowest BCUT2D eigenvalue weighted by atomic mass is 9.96. The fraction of sp³-hybridized carbons (Fsp3) is 0.429. The predicted octanol–water partition coefficient (Wildman–Crippen LogP) is 3.55. The van der Waals surface area contributed by atoms with Crippen LogP contribution < -0.4 is 4.90 Å². The molecule has 0 unspecified atom stereocenters. The highest BCUT2D eigenvalue weighted by molar-refractivity contribution is 6.30. The molecule has 4 rings (SSSR count). The summed E-state index contributed by atoms with van der Waals surface area (Å²) in [5.41, 5.74) is 1.64. The molecule has 1 amide bonds. The van der Waals surface area contributed by atoms with E-state index in [4.69, 9.17) is 11.6 Å². The van der Waals surface area contributed by atoms with Gasteiger partial charge in [-0.3, -0.25) is 4.79 Å². The van der Waals surface area contributed by atoms with Crippen LogP contribution in [0.5, 0.6) is 0 Å². The van der Waals surface area contributed by atoms with Crippen molar-refractivity contribution in [3.05, 3.63) is 41.8 Å². The molecule has 1 aromatic carbocycles. The molecule has 0 spiro atoms. The maximum absolute atomic E-state index is 12.9. The first-order valence-electron chi connectivity index (χ1n) is 10.1. The van der Waals surface area contributed by atoms with Gasteiger partial charge in [0.15, 0.2) is 5.65 Å². The Bertz CT molecular complexity index is 998. The molecule has 1 fully saturated rings. The van der Waals surface area contributed by atoms with Crippen LogP contribution in [0.4, 0.5) is 5.82 Å². The monoisotopic (exact) mass is 412 g/mol. The largest absolute Gasteiger partial charge is 0.355 e. The Kier molecular flexibility index (Phi) is 5.67. The van der Waals surface area contributed by atoms with E-state index >= 15 is 0 Å². The van der Waals surface area contributed by atoms with Gasteiger partial charge in [0.25, 0.3) is 0 Å². The molecule has 0 saturated carbocycles. The number of piperidine rings is 1. The Morgan fingerprint density at radius 3 is 2.69 bits per heavy atom. The van der Waals surface area contributed by atoms with Crippen LogP contribution in [-0.4, -0.2) is 56.7 Å². The molecular weight excluding hydrogens is 388 g/mol. The summed E-state index contributed by atoms with van der Waals surface area (Å²) in [6.07, 6.45) is 5.26. The van der Waals surface area contributed by atoms with Crippen LogP contribution in [0.2, 0.25) is 5.02 Å². The summed E-state index contributed by atoms with van der Waals surface area (Å²) in [5, 5.41) is 6.09. The van der Waals surface area contributed by atoms with Crippen molar-refractivity contribution in [2.75, 3.05) is 31.1 Å². The second-order valence-corrected chi connectivity index (χ2v) is 7.70. The molecule has 152 valence electrons. The van der Waals surface area contributed by atoms with Crippen molar-refractivity contribution in [3.8, 4) is 5.69 Å². The SMILES string of the molecule is CCN(CC)C(=O)[C@@H]1CCCN(c2ncnc3c2cnn3-c2ccc(Cl)cc2)C1. The second kappa shape index (κ2) is 8.37. The number of rotatable bonds is 5. The van der Waals surface area contributed by atoms with E-state index in [2.05, 4.69) is 20.0 Å². The first-order valence-corrected chi connectivity index (χ1v) is 10.5. The lowest BCUT2D eigenvalue weighted by Crippen LogP contribution is -2.45. The van der Waals surface area contributed by atoms with E-state index < -0.39 is 0 Å². The van der Waals surface area contributed by atoms with E-state index in [0.29, 0.717) is 11.6 Å². The van der Waals surface area contributed by atoms with Gasteiger partial charge in [0.2, 0.25) is 5.91 Å². The number of benzene rings is 1. The van der Waals surface area contributed by atoms with E-state index in [0.717, 1.165) is 55.0 Å². The summed E-state index contributed by atoms with van der Waals surface area (Å²) in [7, 11) is 0. The first-order chi connectivity index (χ1) is 14.1. The van der Waals surface area contributed by atoms with Crippen molar-refractivity contribution >= 4 is 34.4 Å². The minimum absolute atomic E-state index is 0.0000228. The third-order valence-corrected chi connectivity index (χ3v) is 5.81. The van der Waals surface area contributed by atoms with Crippen molar-refractivity contribution in [2.45, 2.75) is 26.7 Å². The first kappa shape index (κ1) is 19.6. The topological polar surface area (TPSA) is 67.2 Å². The van der Waals surface area contributed by atoms with Crippen molar-refractivity contribution in [1.29, 1.82) is 0 Å². The number of fused-ring (bicyclic) bond motifs is 1. The van der Waals surface area contributed by atoms with Crippen molar-refractivity contribution < 1.29 is 4.79 Å². The lowest BCUT2D eigenvalue weighted by molar-refractivity contribution is -0.135. The Morgan fingerprint density at radius 1 is 1.21 bits per heavy atom. The van der Waals surface area contributed by atoms with Gasteiger partial charge in [-0.1, -0.05) is 11.6 Å². The summed E-state index contributed by atoms with van der Waals surface area (Å²) in [5.74, 6) is 1.08. The zero-order chi connectivity index (χ0) is 20.4. The van der Waals surface area contributed by atoms with Gasteiger partial charge in [-0.25, -0.2) is 14.6 Å². The zero-order valence-electron chi connectivity index (χ0n) is 16.8. The standard InChI is InChI=1S/C21H25ClN6O/c1-3-26(4-2)21(29)15-6-5-11-27(13-15)19-18-12-25-28(20(18)24-14-23-19)17-9-7-16(22)8-10-17/h7-10,12,14-15H,3-6,11,13H2,1-2H3/t15-/m1/s1. The number of nitrogens with zero attached hydrogens (tertiary/aromatic N) is 6. The van der Waals surface area contributed by atoms with Gasteiger partial charge < -0.3 is 9.80 Å². The van der Waals surface area contributed by atoms with Gasteiger partial charge in [-0.15, -0.1) is 0 Å². The van der Waals surface area contributed by atoms with E-state index in [1.807, 2.05) is 43.0 Å². The average Bonchev–Trinajstić information content (AvgIpc) is 3.19. The van der Waals surface area contributed by atoms with Gasteiger partial charge in [-0.05, 0) is 51.0 Å². The minimum Gasteiger partial charge on any atom is -0.355 e. The van der Waals surface area contributed by atoms with Crippen LogP contribution in [0.15, 0.2) is 36.8 Å². The lowest BCUT2D eigenvalue weighted by Gasteiger charge is -2.35. The fourth-order valence-corrected chi connectivity index (χ4v) is 4.15. The fourth-order valence-electron chi connectivity index (χ4n) is 4.02. The summed E-state index contributed by atoms with van der Waals surface area (Å²) in [4.78, 5) is 26.0. The molecule has 2 aromatic heterocycles. The predicted molar refractivity (Wildman–Crippen MR) is 115 cm³/mol. The summed E-state index contributed by atoms with van der Waals surface area (Å²) < 4.78 is 1.79. The van der Waals surface area contributed by atoms with E-state index in [1.165, 1.54) is 0 Å². The number of halogens is 1. The normalized spacial score (nSPS) is 16.9. The van der Waals surface area contributed by atoms with Crippen molar-refractivity contribution in [2.24, 2.45) is 5.92 Å². The molecule has 29 heavy (non-hydrogen) atoms. The van der Waals surface area contributed by atoms with Crippen LogP contribution in [-0.2, 0) is 4.79 Å². The molecule has 7 nitrogen and oxygen atoms in total. The summed E-state index contributed by atoms with van der Waals surface area (Å²) in [6, 6.07) is 7.49. The molecule has 1 atom stereocenters. The molecule has 0 bridgehead atoms. The zero-order valence-corrected chi connectivity index (χ0v) is 17.5. The maximum atomic E-state index is 12.9. The van der Waals surface area contributed by atoms with Gasteiger partial charge in [0.05, 0.1) is 23.2 Å². The van der Waals surface area contributed by atoms with Crippen LogP contribution in [0.1, 0.15) is 26.7 Å². The number of anilines is 1. The van der Waals surface area contributed by atoms with Gasteiger partial charge >= 0.3 is 0 Å². The molecule has 8 heteroatoms. The quantitative estimate of drug-likeness (QED) is 0.641. The van der Waals surface area contributed by atoms with Crippen molar-refractivity contribution in [1.82, 2.24) is 24.6 Å². The molecule has 1 aliphatic rings. The number of amides is 1. The third-order valence-electron chi connectivity index (χ3n) is 5.56. The Hall–Kier alpha value is -2.67. The minimum atomic E-state index is -0.0000228. The number of aromatic nitrogens is 4. The Labute approximate surface area is 175 Å². The molecule has 1 saturated heterocycles. The van der Waals surface area contributed by atoms with Gasteiger partial charge in [-0.2, -0.15) is 5.10 Å². The van der Waals surface area contributed by atoms with Gasteiger partial charge in [0.1, 0.15) is 12.1 Å². The highest BCUT2D eigenvalue weighted by Crippen LogP contribution is 2.29. The van der Waals surface area contributed by atoms with Crippen LogP contribution in [0.25, 0.3) is 16.7 Å². The molecular formula is C21H25ClN6O. The number of carbonyl (C=O) groups is 1. The number of hydrogen-bond acceptors (Lipinski definition) is 5. The van der Waals surface area contributed by atoms with Crippen LogP contribution in [0, 0.1) is 5.92 Å². The molecule has 0 aliphatic carbocycles. The maximum Gasteiger partial charge on any atom is 0.227 e. The Morgan fingerprint density at radius 2 is 1.97 bits per heavy atom. The molecule has 3 heterocycles. The van der Waals surface area contributed by atoms with Crippen LogP contribution in [0.3, 0.4) is 0 Å². The Balaban J connectivity index is 1.64. The van der Waals surface area contributed by atoms with E-state index in [-0.39, 0.29) is 11.8 Å². The van der Waals surface area contributed by atoms with E-state index in [1.54, 1.807) is 17.2 Å². The highest BCUT2D eigenvalue weighted by Gasteiger charge is 2.30. The van der Waals surface area contributed by atoms with E-state index in [9.17, 15) is 4.79 Å². The number of carbonyl (C=O) groups excluding carboxylic acids is 1. The smallest absolute Gasteiger partial charge is 0.227 e. The average molecular weight is 413 g/mol.